The highest BCUT2D eigenvalue weighted by Gasteiger charge is 2.41. The molecule has 0 spiro atoms. The van der Waals surface area contributed by atoms with Gasteiger partial charge in [-0.3, -0.25) is 0 Å². The fourth-order valence-electron chi connectivity index (χ4n) is 1.29. The molecule has 1 heterocycles. The number of hydrogen-bond acceptors (Lipinski definition) is 5. The monoisotopic (exact) mass is 178 g/mol. The molecule has 0 radical (unpaired) electrons. The third-order valence-electron chi connectivity index (χ3n) is 2.13. The van der Waals surface area contributed by atoms with Gasteiger partial charge in [-0.1, -0.05) is 0 Å². The topological polar surface area (TPSA) is 90.2 Å². The normalized spacial score (nSPS) is 49.2. The van der Waals surface area contributed by atoms with Crippen LogP contribution < -0.4 is 0 Å². The maximum Gasteiger partial charge on any atom is 0.111 e. The van der Waals surface area contributed by atoms with Crippen molar-refractivity contribution < 1.29 is 25.2 Å². The molecule has 0 aromatic carbocycles. The van der Waals surface area contributed by atoms with E-state index >= 15 is 0 Å². The molecule has 1 saturated heterocycles. The Bertz CT molecular complexity index is 146. The van der Waals surface area contributed by atoms with Crippen LogP contribution in [-0.2, 0) is 4.74 Å². The van der Waals surface area contributed by atoms with Gasteiger partial charge in [-0.15, -0.1) is 0 Å². The van der Waals surface area contributed by atoms with E-state index in [9.17, 15) is 15.3 Å². The van der Waals surface area contributed by atoms with Crippen LogP contribution in [0.15, 0.2) is 0 Å². The predicted octanol–water partition coefficient (Wildman–Crippen LogP) is -2.15. The molecule has 0 aromatic rings. The van der Waals surface area contributed by atoms with E-state index in [1.165, 1.54) is 0 Å². The second-order valence-electron chi connectivity index (χ2n) is 3.03. The van der Waals surface area contributed by atoms with Crippen molar-refractivity contribution in [1.82, 2.24) is 0 Å². The molecule has 5 heteroatoms. The largest absolute Gasteiger partial charge is 0.394 e. The van der Waals surface area contributed by atoms with Crippen molar-refractivity contribution in [3.05, 3.63) is 0 Å². The summed E-state index contributed by atoms with van der Waals surface area (Å²) in [6, 6.07) is 0. The summed E-state index contributed by atoms with van der Waals surface area (Å²) in [6.07, 6.45) is -4.94. The van der Waals surface area contributed by atoms with Crippen molar-refractivity contribution in [2.75, 3.05) is 6.61 Å². The zero-order valence-corrected chi connectivity index (χ0v) is 6.79. The Balaban J connectivity index is 2.63. The SMILES string of the molecule is CC1OC(CO)C(O)[C@@H](O)[C@@H]1O. The maximum absolute atomic E-state index is 9.23. The number of hydrogen-bond donors (Lipinski definition) is 4. The molecule has 0 bridgehead atoms. The van der Waals surface area contributed by atoms with Gasteiger partial charge in [0, 0.05) is 0 Å². The predicted molar refractivity (Wildman–Crippen MR) is 39.4 cm³/mol. The van der Waals surface area contributed by atoms with Gasteiger partial charge in [0.1, 0.15) is 24.4 Å². The van der Waals surface area contributed by atoms with Crippen molar-refractivity contribution >= 4 is 0 Å². The summed E-state index contributed by atoms with van der Waals surface area (Å²) >= 11 is 0. The number of ether oxygens (including phenoxy) is 1. The number of aliphatic hydroxyl groups excluding tert-OH is 4. The Labute approximate surface area is 70.2 Å². The summed E-state index contributed by atoms with van der Waals surface area (Å²) in [5.74, 6) is 0. The first-order chi connectivity index (χ1) is 5.57. The molecule has 1 fully saturated rings. The number of rotatable bonds is 1. The molecular formula is C7H14O5. The van der Waals surface area contributed by atoms with Gasteiger partial charge in [-0.05, 0) is 6.92 Å². The molecule has 0 aliphatic carbocycles. The lowest BCUT2D eigenvalue weighted by molar-refractivity contribution is -0.224. The Kier molecular flexibility index (Phi) is 3.03. The van der Waals surface area contributed by atoms with Crippen LogP contribution in [0, 0.1) is 0 Å². The number of aliphatic hydroxyl groups is 4. The summed E-state index contributed by atoms with van der Waals surface area (Å²) in [5, 5.41) is 36.4. The van der Waals surface area contributed by atoms with Crippen molar-refractivity contribution in [1.29, 1.82) is 0 Å². The molecule has 0 amide bonds. The smallest absolute Gasteiger partial charge is 0.111 e. The third kappa shape index (κ3) is 1.60. The fourth-order valence-corrected chi connectivity index (χ4v) is 1.29. The van der Waals surface area contributed by atoms with Gasteiger partial charge >= 0.3 is 0 Å². The van der Waals surface area contributed by atoms with Crippen LogP contribution in [0.2, 0.25) is 0 Å². The maximum atomic E-state index is 9.23. The zero-order valence-electron chi connectivity index (χ0n) is 6.79. The van der Waals surface area contributed by atoms with Crippen LogP contribution in [0.1, 0.15) is 6.92 Å². The summed E-state index contributed by atoms with van der Waals surface area (Å²) in [5.41, 5.74) is 0. The zero-order chi connectivity index (χ0) is 9.30. The molecule has 12 heavy (non-hydrogen) atoms. The van der Waals surface area contributed by atoms with Crippen LogP contribution in [-0.4, -0.2) is 57.6 Å². The lowest BCUT2D eigenvalue weighted by Crippen LogP contribution is -2.57. The average Bonchev–Trinajstić information content (AvgIpc) is 2.08. The van der Waals surface area contributed by atoms with E-state index < -0.39 is 30.5 Å². The quantitative estimate of drug-likeness (QED) is 0.367. The summed E-state index contributed by atoms with van der Waals surface area (Å²) in [7, 11) is 0. The van der Waals surface area contributed by atoms with Gasteiger partial charge in [0.15, 0.2) is 0 Å². The van der Waals surface area contributed by atoms with E-state index in [0.717, 1.165) is 0 Å². The molecule has 4 N–H and O–H groups in total. The van der Waals surface area contributed by atoms with E-state index in [-0.39, 0.29) is 6.61 Å². The van der Waals surface area contributed by atoms with E-state index in [1.807, 2.05) is 0 Å². The van der Waals surface area contributed by atoms with Crippen molar-refractivity contribution in [3.8, 4) is 0 Å². The van der Waals surface area contributed by atoms with Crippen molar-refractivity contribution in [3.63, 3.8) is 0 Å². The van der Waals surface area contributed by atoms with Gasteiger partial charge in [0.2, 0.25) is 0 Å². The summed E-state index contributed by atoms with van der Waals surface area (Å²) in [4.78, 5) is 0. The molecule has 0 aromatic heterocycles. The second-order valence-corrected chi connectivity index (χ2v) is 3.03. The van der Waals surface area contributed by atoms with Crippen molar-refractivity contribution in [2.45, 2.75) is 37.4 Å². The van der Waals surface area contributed by atoms with Crippen molar-refractivity contribution in [2.24, 2.45) is 0 Å². The van der Waals surface area contributed by atoms with Crippen LogP contribution in [0.5, 0.6) is 0 Å². The van der Waals surface area contributed by atoms with Crippen LogP contribution >= 0.6 is 0 Å². The Hall–Kier alpha value is -0.200. The Morgan fingerprint density at radius 2 is 1.67 bits per heavy atom. The van der Waals surface area contributed by atoms with Crippen LogP contribution in [0.3, 0.4) is 0 Å². The first-order valence-electron chi connectivity index (χ1n) is 3.88. The minimum Gasteiger partial charge on any atom is -0.394 e. The molecule has 5 nitrogen and oxygen atoms in total. The lowest BCUT2D eigenvalue weighted by atomic mass is 9.96. The van der Waals surface area contributed by atoms with E-state index in [4.69, 9.17) is 9.84 Å². The second kappa shape index (κ2) is 3.68. The highest BCUT2D eigenvalue weighted by molar-refractivity contribution is 4.89. The molecule has 1 aliphatic rings. The van der Waals surface area contributed by atoms with Gasteiger partial charge in [0.25, 0.3) is 0 Å². The van der Waals surface area contributed by atoms with Gasteiger partial charge in [0.05, 0.1) is 12.7 Å². The lowest BCUT2D eigenvalue weighted by Gasteiger charge is -2.38. The van der Waals surface area contributed by atoms with Gasteiger partial charge in [-0.25, -0.2) is 0 Å². The minimum atomic E-state index is -1.24. The van der Waals surface area contributed by atoms with Crippen LogP contribution in [0.25, 0.3) is 0 Å². The molecule has 1 rings (SSSR count). The standard InChI is InChI=1S/C7H14O5/c1-3-5(9)7(11)6(10)4(2-8)12-3/h3-11H,2H2,1H3/t3?,4?,5-,6?,7+/m1/s1. The molecule has 1 aliphatic heterocycles. The molecular weight excluding hydrogens is 164 g/mol. The highest BCUT2D eigenvalue weighted by atomic mass is 16.5. The summed E-state index contributed by atoms with van der Waals surface area (Å²) < 4.78 is 5.02. The molecule has 72 valence electrons. The van der Waals surface area contributed by atoms with E-state index in [2.05, 4.69) is 0 Å². The van der Waals surface area contributed by atoms with Gasteiger partial charge in [-0.2, -0.15) is 0 Å². The first-order valence-corrected chi connectivity index (χ1v) is 3.88. The Morgan fingerprint density at radius 3 is 2.17 bits per heavy atom. The van der Waals surface area contributed by atoms with E-state index in [1.54, 1.807) is 6.92 Å². The average molecular weight is 178 g/mol. The summed E-state index contributed by atoms with van der Waals surface area (Å²) in [6.45, 7) is 1.21. The molecule has 5 atom stereocenters. The fraction of sp³-hybridized carbons (Fsp3) is 1.00. The van der Waals surface area contributed by atoms with E-state index in [0.29, 0.717) is 0 Å². The third-order valence-corrected chi connectivity index (χ3v) is 2.13. The minimum absolute atomic E-state index is 0.366. The molecule has 0 saturated carbocycles. The highest BCUT2D eigenvalue weighted by Crippen LogP contribution is 2.20. The molecule has 3 unspecified atom stereocenters. The van der Waals surface area contributed by atoms with Crippen LogP contribution in [0.4, 0.5) is 0 Å². The first kappa shape index (κ1) is 9.88. The van der Waals surface area contributed by atoms with Gasteiger partial charge < -0.3 is 25.2 Å². The Morgan fingerprint density at radius 1 is 1.08 bits per heavy atom.